The molecule has 0 unspecified atom stereocenters. The summed E-state index contributed by atoms with van der Waals surface area (Å²) in [6, 6.07) is 4.84. The number of sulfonamides is 1. The Labute approximate surface area is 138 Å². The average Bonchev–Trinajstić information content (AvgIpc) is 3.10. The molecule has 1 aromatic carbocycles. The maximum Gasteiger partial charge on any atom is 0.270 e. The van der Waals surface area contributed by atoms with Crippen LogP contribution in [0, 0.1) is 10.1 Å². The van der Waals surface area contributed by atoms with Crippen LogP contribution >= 0.6 is 0 Å². The molecule has 3 rings (SSSR count). The summed E-state index contributed by atoms with van der Waals surface area (Å²) in [5.74, 6) is 0.561. The molecular weight excluding hydrogens is 334 g/mol. The standard InChI is InChI=1S/C14H15N5O4S/c20-19(21)12-4-3-5-13(8-12)24(22,23)17-11-9-15-14(16-10-11)18-6-1-2-7-18/h3-5,8-10,17H,1-2,6-7H2. The molecule has 1 N–H and O–H groups in total. The SMILES string of the molecule is O=[N+]([O-])c1cccc(S(=O)(=O)Nc2cnc(N3CCCC3)nc2)c1. The molecule has 1 aliphatic rings. The van der Waals surface area contributed by atoms with Crippen LogP contribution in [-0.2, 0) is 10.0 Å². The normalized spacial score (nSPS) is 14.6. The molecule has 9 nitrogen and oxygen atoms in total. The fourth-order valence-electron chi connectivity index (χ4n) is 2.43. The van der Waals surface area contributed by atoms with Crippen molar-refractivity contribution in [2.75, 3.05) is 22.7 Å². The number of nitro groups is 1. The predicted octanol–water partition coefficient (Wildman–Crippen LogP) is 1.79. The zero-order valence-corrected chi connectivity index (χ0v) is 13.4. The molecule has 2 aromatic rings. The van der Waals surface area contributed by atoms with Crippen LogP contribution in [0.3, 0.4) is 0 Å². The molecule has 0 amide bonds. The molecule has 24 heavy (non-hydrogen) atoms. The highest BCUT2D eigenvalue weighted by atomic mass is 32.2. The lowest BCUT2D eigenvalue weighted by atomic mass is 10.3. The molecule has 0 aliphatic carbocycles. The van der Waals surface area contributed by atoms with E-state index in [0.29, 0.717) is 5.95 Å². The molecule has 1 fully saturated rings. The van der Waals surface area contributed by atoms with E-state index in [2.05, 4.69) is 14.7 Å². The number of nitrogens with zero attached hydrogens (tertiary/aromatic N) is 4. The second kappa shape index (κ2) is 6.40. The first-order valence-corrected chi connectivity index (χ1v) is 8.78. The zero-order chi connectivity index (χ0) is 17.2. The Morgan fingerprint density at radius 1 is 1.17 bits per heavy atom. The fraction of sp³-hybridized carbons (Fsp3) is 0.286. The number of hydrogen-bond donors (Lipinski definition) is 1. The lowest BCUT2D eigenvalue weighted by molar-refractivity contribution is -0.385. The first-order valence-electron chi connectivity index (χ1n) is 7.30. The maximum absolute atomic E-state index is 12.3. The van der Waals surface area contributed by atoms with Gasteiger partial charge in [-0.25, -0.2) is 18.4 Å². The number of hydrogen-bond acceptors (Lipinski definition) is 7. The quantitative estimate of drug-likeness (QED) is 0.645. The number of nitrogens with one attached hydrogen (secondary N) is 1. The first kappa shape index (κ1) is 16.1. The summed E-state index contributed by atoms with van der Waals surface area (Å²) >= 11 is 0. The summed E-state index contributed by atoms with van der Waals surface area (Å²) in [6.45, 7) is 1.78. The van der Waals surface area contributed by atoms with Crippen molar-refractivity contribution in [1.29, 1.82) is 0 Å². The van der Waals surface area contributed by atoms with Gasteiger partial charge in [0.2, 0.25) is 5.95 Å². The van der Waals surface area contributed by atoms with E-state index in [0.717, 1.165) is 32.0 Å². The summed E-state index contributed by atoms with van der Waals surface area (Å²) in [7, 11) is -3.95. The van der Waals surface area contributed by atoms with Crippen molar-refractivity contribution >= 4 is 27.3 Å². The van der Waals surface area contributed by atoms with Crippen molar-refractivity contribution in [3.63, 3.8) is 0 Å². The van der Waals surface area contributed by atoms with Crippen molar-refractivity contribution < 1.29 is 13.3 Å². The highest BCUT2D eigenvalue weighted by molar-refractivity contribution is 7.92. The van der Waals surface area contributed by atoms with Crippen molar-refractivity contribution in [3.05, 3.63) is 46.8 Å². The van der Waals surface area contributed by atoms with E-state index in [1.807, 2.05) is 4.90 Å². The van der Waals surface area contributed by atoms with Gasteiger partial charge >= 0.3 is 0 Å². The van der Waals surface area contributed by atoms with Crippen molar-refractivity contribution in [2.45, 2.75) is 17.7 Å². The van der Waals surface area contributed by atoms with Crippen molar-refractivity contribution in [2.24, 2.45) is 0 Å². The maximum atomic E-state index is 12.3. The predicted molar refractivity (Wildman–Crippen MR) is 87.4 cm³/mol. The van der Waals surface area contributed by atoms with Crippen molar-refractivity contribution in [3.8, 4) is 0 Å². The number of anilines is 2. The zero-order valence-electron chi connectivity index (χ0n) is 12.6. The summed E-state index contributed by atoms with van der Waals surface area (Å²) in [5, 5.41) is 10.8. The Morgan fingerprint density at radius 3 is 2.46 bits per heavy atom. The lowest BCUT2D eigenvalue weighted by Crippen LogP contribution is -2.20. The van der Waals surface area contributed by atoms with Crippen LogP contribution in [0.2, 0.25) is 0 Å². The van der Waals surface area contributed by atoms with E-state index in [1.54, 1.807) is 0 Å². The Bertz CT molecular complexity index is 848. The number of benzene rings is 1. The van der Waals surface area contributed by atoms with Crippen molar-refractivity contribution in [1.82, 2.24) is 9.97 Å². The molecule has 10 heteroatoms. The summed E-state index contributed by atoms with van der Waals surface area (Å²) in [6.07, 6.45) is 4.94. The molecule has 1 aliphatic heterocycles. The molecule has 0 spiro atoms. The van der Waals surface area contributed by atoms with E-state index in [1.165, 1.54) is 30.6 Å². The minimum atomic E-state index is -3.95. The van der Waals surface area contributed by atoms with Gasteiger partial charge in [-0.05, 0) is 18.9 Å². The van der Waals surface area contributed by atoms with Gasteiger partial charge in [-0.1, -0.05) is 6.07 Å². The fourth-order valence-corrected chi connectivity index (χ4v) is 3.50. The summed E-state index contributed by atoms with van der Waals surface area (Å²) < 4.78 is 27.0. The van der Waals surface area contributed by atoms with Crippen LogP contribution in [0.1, 0.15) is 12.8 Å². The third-order valence-corrected chi connectivity index (χ3v) is 5.00. The topological polar surface area (TPSA) is 118 Å². The second-order valence-corrected chi connectivity index (χ2v) is 7.01. The van der Waals surface area contributed by atoms with E-state index in [-0.39, 0.29) is 16.3 Å². The average molecular weight is 349 g/mol. The molecular formula is C14H15N5O4S. The molecule has 126 valence electrons. The Balaban J connectivity index is 1.79. The van der Waals surface area contributed by atoms with Gasteiger partial charge in [-0.15, -0.1) is 0 Å². The smallest absolute Gasteiger partial charge is 0.270 e. The van der Waals surface area contributed by atoms with Gasteiger partial charge in [-0.3, -0.25) is 14.8 Å². The van der Waals surface area contributed by atoms with Gasteiger partial charge in [0.1, 0.15) is 0 Å². The van der Waals surface area contributed by atoms with Gasteiger partial charge in [0.25, 0.3) is 15.7 Å². The second-order valence-electron chi connectivity index (χ2n) is 5.33. The van der Waals surface area contributed by atoms with E-state index in [4.69, 9.17) is 0 Å². The third kappa shape index (κ3) is 3.43. The molecule has 0 saturated carbocycles. The molecule has 2 heterocycles. The molecule has 0 radical (unpaired) electrons. The van der Waals surface area contributed by atoms with E-state index >= 15 is 0 Å². The Morgan fingerprint density at radius 2 is 1.83 bits per heavy atom. The van der Waals surface area contributed by atoms with Crippen LogP contribution in [0.4, 0.5) is 17.3 Å². The van der Waals surface area contributed by atoms with E-state index in [9.17, 15) is 18.5 Å². The summed E-state index contributed by atoms with van der Waals surface area (Å²) in [4.78, 5) is 20.3. The van der Waals surface area contributed by atoms with Gasteiger partial charge < -0.3 is 4.90 Å². The highest BCUT2D eigenvalue weighted by Crippen LogP contribution is 2.21. The molecule has 0 bridgehead atoms. The van der Waals surface area contributed by atoms with Crippen LogP contribution < -0.4 is 9.62 Å². The van der Waals surface area contributed by atoms with Crippen LogP contribution in [0.5, 0.6) is 0 Å². The minimum absolute atomic E-state index is 0.194. The number of nitro benzene ring substituents is 1. The Kier molecular flexibility index (Phi) is 4.30. The summed E-state index contributed by atoms with van der Waals surface area (Å²) in [5.41, 5.74) is -0.0945. The Hall–Kier alpha value is -2.75. The molecule has 1 saturated heterocycles. The molecule has 0 atom stereocenters. The van der Waals surface area contributed by atoms with Gasteiger partial charge in [0.05, 0.1) is 27.9 Å². The van der Waals surface area contributed by atoms with Crippen LogP contribution in [0.15, 0.2) is 41.6 Å². The number of aromatic nitrogens is 2. The molecule has 1 aromatic heterocycles. The first-order chi connectivity index (χ1) is 11.5. The van der Waals surface area contributed by atoms with Gasteiger partial charge in [-0.2, -0.15) is 0 Å². The number of rotatable bonds is 5. The van der Waals surface area contributed by atoms with Gasteiger partial charge in [0, 0.05) is 25.2 Å². The van der Waals surface area contributed by atoms with Gasteiger partial charge in [0.15, 0.2) is 0 Å². The lowest BCUT2D eigenvalue weighted by Gasteiger charge is -2.15. The minimum Gasteiger partial charge on any atom is -0.341 e. The largest absolute Gasteiger partial charge is 0.341 e. The monoisotopic (exact) mass is 349 g/mol. The number of non-ortho nitro benzene ring substituents is 1. The van der Waals surface area contributed by atoms with Crippen LogP contribution in [0.25, 0.3) is 0 Å². The van der Waals surface area contributed by atoms with Crippen LogP contribution in [-0.4, -0.2) is 36.4 Å². The van der Waals surface area contributed by atoms with E-state index < -0.39 is 14.9 Å². The third-order valence-electron chi connectivity index (χ3n) is 3.62. The highest BCUT2D eigenvalue weighted by Gasteiger charge is 2.19.